The molecule has 0 bridgehead atoms. The Hall–Kier alpha value is -2.63. The molecule has 5 nitrogen and oxygen atoms in total. The van der Waals surface area contributed by atoms with Crippen LogP contribution in [0.4, 0.5) is 0 Å². The number of benzene rings is 2. The van der Waals surface area contributed by atoms with Gasteiger partial charge in [-0.1, -0.05) is 54.1 Å². The summed E-state index contributed by atoms with van der Waals surface area (Å²) in [6, 6.07) is 16.6. The van der Waals surface area contributed by atoms with Gasteiger partial charge in [0.15, 0.2) is 0 Å². The fourth-order valence-electron chi connectivity index (χ4n) is 4.66. The highest BCUT2D eigenvalue weighted by atomic mass is 16.5. The van der Waals surface area contributed by atoms with Crippen molar-refractivity contribution in [3.8, 4) is 5.75 Å². The van der Waals surface area contributed by atoms with Crippen LogP contribution in [-0.2, 0) is 11.2 Å². The molecule has 0 aliphatic carbocycles. The van der Waals surface area contributed by atoms with Gasteiger partial charge in [-0.2, -0.15) is 0 Å². The second-order valence-electron chi connectivity index (χ2n) is 9.27. The fraction of sp³-hybridized carbons (Fsp3) is 0.464. The van der Waals surface area contributed by atoms with Crippen LogP contribution < -0.4 is 4.74 Å². The van der Waals surface area contributed by atoms with Crippen LogP contribution >= 0.6 is 0 Å². The minimum absolute atomic E-state index is 0.227. The van der Waals surface area contributed by atoms with Crippen LogP contribution in [0.1, 0.15) is 42.4 Å². The largest absolute Gasteiger partial charge is 0.491 e. The molecule has 4 rings (SSSR count). The number of rotatable bonds is 9. The zero-order valence-electron chi connectivity index (χ0n) is 19.7. The lowest BCUT2D eigenvalue weighted by Gasteiger charge is -2.28. The van der Waals surface area contributed by atoms with Crippen molar-refractivity contribution in [3.05, 3.63) is 71.3 Å². The Kier molecular flexibility index (Phi) is 8.19. The standard InChI is InChI=1S/C28H36N2O3/c1-22-8-10-23(11-9-22)24-14-18-29(19-15-24)20-26(31)21-33-27-7-3-2-6-25(27)12-13-28(32)30-16-4-5-17-30/h2-3,6-11,14,26,31H,4-5,12-13,15-21H2,1H3. The molecular weight excluding hydrogens is 412 g/mol. The van der Waals surface area contributed by atoms with Gasteiger partial charge in [-0.15, -0.1) is 0 Å². The van der Waals surface area contributed by atoms with E-state index in [-0.39, 0.29) is 12.5 Å². The normalized spacial score (nSPS) is 17.6. The van der Waals surface area contributed by atoms with Crippen molar-refractivity contribution in [1.82, 2.24) is 9.80 Å². The first kappa shape index (κ1) is 23.5. The summed E-state index contributed by atoms with van der Waals surface area (Å²) in [7, 11) is 0. The van der Waals surface area contributed by atoms with E-state index in [1.165, 1.54) is 16.7 Å². The van der Waals surface area contributed by atoms with E-state index in [4.69, 9.17) is 4.74 Å². The van der Waals surface area contributed by atoms with Crippen LogP contribution in [0.25, 0.3) is 5.57 Å². The number of para-hydroxylation sites is 1. The van der Waals surface area contributed by atoms with Crippen LogP contribution in [0.15, 0.2) is 54.6 Å². The lowest BCUT2D eigenvalue weighted by molar-refractivity contribution is -0.130. The third kappa shape index (κ3) is 6.68. The van der Waals surface area contributed by atoms with Crippen molar-refractivity contribution in [2.75, 3.05) is 39.3 Å². The molecule has 33 heavy (non-hydrogen) atoms. The van der Waals surface area contributed by atoms with Crippen molar-refractivity contribution < 1.29 is 14.6 Å². The van der Waals surface area contributed by atoms with Crippen molar-refractivity contribution >= 4 is 11.5 Å². The number of likely N-dealkylation sites (tertiary alicyclic amines) is 1. The molecule has 0 saturated carbocycles. The minimum atomic E-state index is -0.557. The maximum absolute atomic E-state index is 12.4. The van der Waals surface area contributed by atoms with E-state index < -0.39 is 6.10 Å². The molecule has 2 heterocycles. The number of carbonyl (C=O) groups is 1. The molecular formula is C28H36N2O3. The number of aliphatic hydroxyl groups is 1. The average molecular weight is 449 g/mol. The zero-order valence-corrected chi connectivity index (χ0v) is 19.7. The third-order valence-electron chi connectivity index (χ3n) is 6.66. The lowest BCUT2D eigenvalue weighted by atomic mass is 9.98. The fourth-order valence-corrected chi connectivity index (χ4v) is 4.66. The van der Waals surface area contributed by atoms with Crippen LogP contribution in [-0.4, -0.2) is 66.2 Å². The van der Waals surface area contributed by atoms with Crippen LogP contribution in [0.3, 0.4) is 0 Å². The number of β-amino-alcohol motifs (C(OH)–C–C–N with tert-alkyl or cyclic N) is 1. The summed E-state index contributed by atoms with van der Waals surface area (Å²) in [5.41, 5.74) is 4.99. The van der Waals surface area contributed by atoms with E-state index in [0.29, 0.717) is 19.4 Å². The summed E-state index contributed by atoms with van der Waals surface area (Å²) in [4.78, 5) is 16.6. The summed E-state index contributed by atoms with van der Waals surface area (Å²) in [6.07, 6.45) is 6.11. The quantitative estimate of drug-likeness (QED) is 0.628. The third-order valence-corrected chi connectivity index (χ3v) is 6.66. The number of aliphatic hydroxyl groups excluding tert-OH is 1. The predicted octanol–water partition coefficient (Wildman–Crippen LogP) is 4.08. The first-order chi connectivity index (χ1) is 16.1. The minimum Gasteiger partial charge on any atom is -0.491 e. The van der Waals surface area contributed by atoms with E-state index in [1.807, 2.05) is 29.2 Å². The predicted molar refractivity (Wildman–Crippen MR) is 132 cm³/mol. The molecule has 0 spiro atoms. The summed E-state index contributed by atoms with van der Waals surface area (Å²) in [5, 5.41) is 10.6. The lowest BCUT2D eigenvalue weighted by Crippen LogP contribution is -2.38. The molecule has 0 radical (unpaired) electrons. The average Bonchev–Trinajstić information content (AvgIpc) is 3.38. The van der Waals surface area contributed by atoms with Gasteiger partial charge in [-0.05, 0) is 55.4 Å². The number of hydrogen-bond donors (Lipinski definition) is 1. The molecule has 1 N–H and O–H groups in total. The Bertz CT molecular complexity index is 948. The Labute approximate surface area is 197 Å². The Morgan fingerprint density at radius 3 is 2.55 bits per heavy atom. The molecule has 1 unspecified atom stereocenters. The molecule has 2 aliphatic rings. The Morgan fingerprint density at radius 2 is 1.82 bits per heavy atom. The second kappa shape index (κ2) is 11.5. The van der Waals surface area contributed by atoms with Gasteiger partial charge in [0.05, 0.1) is 0 Å². The van der Waals surface area contributed by atoms with E-state index in [9.17, 15) is 9.90 Å². The number of nitrogens with zero attached hydrogens (tertiary/aromatic N) is 2. The number of aryl methyl sites for hydroxylation is 2. The molecule has 176 valence electrons. The SMILES string of the molecule is Cc1ccc(C2=CCN(CC(O)COc3ccccc3CCC(=O)N3CCCC3)CC2)cc1. The molecule has 5 heteroatoms. The van der Waals surface area contributed by atoms with Gasteiger partial charge in [0.1, 0.15) is 18.5 Å². The van der Waals surface area contributed by atoms with Gasteiger partial charge in [-0.25, -0.2) is 0 Å². The van der Waals surface area contributed by atoms with Crippen molar-refractivity contribution in [3.63, 3.8) is 0 Å². The van der Waals surface area contributed by atoms with E-state index in [0.717, 1.165) is 56.8 Å². The van der Waals surface area contributed by atoms with E-state index in [1.54, 1.807) is 0 Å². The molecule has 0 aromatic heterocycles. The van der Waals surface area contributed by atoms with Crippen molar-refractivity contribution in [2.45, 2.75) is 45.1 Å². The van der Waals surface area contributed by atoms with Gasteiger partial charge < -0.3 is 14.7 Å². The maximum atomic E-state index is 12.4. The summed E-state index contributed by atoms with van der Waals surface area (Å²) in [6.45, 7) is 6.51. The molecule has 1 atom stereocenters. The number of amides is 1. The van der Waals surface area contributed by atoms with Crippen molar-refractivity contribution in [1.29, 1.82) is 0 Å². The highest BCUT2D eigenvalue weighted by Crippen LogP contribution is 2.24. The molecule has 2 aromatic carbocycles. The summed E-state index contributed by atoms with van der Waals surface area (Å²) in [5.74, 6) is 0.997. The van der Waals surface area contributed by atoms with Gasteiger partial charge in [0.2, 0.25) is 5.91 Å². The van der Waals surface area contributed by atoms with E-state index in [2.05, 4.69) is 42.2 Å². The molecule has 2 aromatic rings. The van der Waals surface area contributed by atoms with Gasteiger partial charge in [0.25, 0.3) is 0 Å². The number of carbonyl (C=O) groups excluding carboxylic acids is 1. The first-order valence-corrected chi connectivity index (χ1v) is 12.2. The van der Waals surface area contributed by atoms with Gasteiger partial charge in [-0.3, -0.25) is 9.69 Å². The number of ether oxygens (including phenoxy) is 1. The van der Waals surface area contributed by atoms with Crippen LogP contribution in [0, 0.1) is 6.92 Å². The van der Waals surface area contributed by atoms with Gasteiger partial charge in [0, 0.05) is 39.1 Å². The Morgan fingerprint density at radius 1 is 1.06 bits per heavy atom. The molecule has 1 saturated heterocycles. The molecule has 2 aliphatic heterocycles. The Balaban J connectivity index is 1.23. The smallest absolute Gasteiger partial charge is 0.222 e. The molecule has 1 amide bonds. The van der Waals surface area contributed by atoms with Crippen molar-refractivity contribution in [2.24, 2.45) is 0 Å². The van der Waals surface area contributed by atoms with E-state index >= 15 is 0 Å². The topological polar surface area (TPSA) is 53.0 Å². The summed E-state index contributed by atoms with van der Waals surface area (Å²) >= 11 is 0. The zero-order chi connectivity index (χ0) is 23.0. The maximum Gasteiger partial charge on any atom is 0.222 e. The summed E-state index contributed by atoms with van der Waals surface area (Å²) < 4.78 is 5.98. The van der Waals surface area contributed by atoms with Crippen LogP contribution in [0.2, 0.25) is 0 Å². The number of hydrogen-bond acceptors (Lipinski definition) is 4. The monoisotopic (exact) mass is 448 g/mol. The first-order valence-electron chi connectivity index (χ1n) is 12.2. The highest BCUT2D eigenvalue weighted by Gasteiger charge is 2.19. The highest BCUT2D eigenvalue weighted by molar-refractivity contribution is 5.76. The van der Waals surface area contributed by atoms with Gasteiger partial charge >= 0.3 is 0 Å². The molecule has 1 fully saturated rings. The van der Waals surface area contributed by atoms with Crippen LogP contribution in [0.5, 0.6) is 5.75 Å². The second-order valence-corrected chi connectivity index (χ2v) is 9.27.